The van der Waals surface area contributed by atoms with E-state index in [1.165, 1.54) is 6.07 Å². The van der Waals surface area contributed by atoms with Gasteiger partial charge in [0.15, 0.2) is 0 Å². The fourth-order valence-corrected chi connectivity index (χ4v) is 4.76. The standard InChI is InChI=1S/C31H33FO5/c1-3-5-23(18-31(33)34)24-6-4-7-26(17-24)37-20-21-8-10-27(28(16-21)22-12-14-36-15-13-22)29-19-25(35-2)9-11-30(29)32/h4,6-12,16-17,19,23H,3,5,13-15,18,20H2,1-2H3,(H,33,34)/t23-/m0/s1. The second-order valence-corrected chi connectivity index (χ2v) is 9.22. The molecule has 0 fully saturated rings. The molecule has 1 aliphatic heterocycles. The Bertz CT molecular complexity index is 1270. The van der Waals surface area contributed by atoms with Crippen LogP contribution in [0.15, 0.2) is 66.7 Å². The molecule has 0 saturated carbocycles. The predicted octanol–water partition coefficient (Wildman–Crippen LogP) is 7.24. The van der Waals surface area contributed by atoms with E-state index in [4.69, 9.17) is 14.2 Å². The minimum absolute atomic E-state index is 0.0462. The summed E-state index contributed by atoms with van der Waals surface area (Å²) >= 11 is 0. The topological polar surface area (TPSA) is 65.0 Å². The van der Waals surface area contributed by atoms with Crippen LogP contribution in [-0.4, -0.2) is 31.4 Å². The van der Waals surface area contributed by atoms with Crippen molar-refractivity contribution in [1.29, 1.82) is 0 Å². The number of hydrogen-bond acceptors (Lipinski definition) is 4. The number of methoxy groups -OCH3 is 1. The molecule has 37 heavy (non-hydrogen) atoms. The molecule has 1 atom stereocenters. The van der Waals surface area contributed by atoms with Gasteiger partial charge in [-0.1, -0.05) is 43.7 Å². The number of carbonyl (C=O) groups is 1. The Morgan fingerprint density at radius 2 is 1.92 bits per heavy atom. The fourth-order valence-electron chi connectivity index (χ4n) is 4.76. The number of ether oxygens (including phenoxy) is 3. The highest BCUT2D eigenvalue weighted by molar-refractivity contribution is 5.83. The normalized spacial score (nSPS) is 14.1. The molecule has 0 unspecified atom stereocenters. The molecule has 0 radical (unpaired) electrons. The summed E-state index contributed by atoms with van der Waals surface area (Å²) in [7, 11) is 1.57. The van der Waals surface area contributed by atoms with E-state index in [0.717, 1.165) is 47.1 Å². The van der Waals surface area contributed by atoms with E-state index < -0.39 is 5.97 Å². The summed E-state index contributed by atoms with van der Waals surface area (Å²) in [4.78, 5) is 11.3. The third-order valence-corrected chi connectivity index (χ3v) is 6.65. The zero-order chi connectivity index (χ0) is 26.2. The molecule has 3 aromatic rings. The third-order valence-electron chi connectivity index (χ3n) is 6.65. The van der Waals surface area contributed by atoms with Gasteiger partial charge < -0.3 is 19.3 Å². The first-order chi connectivity index (χ1) is 18.0. The smallest absolute Gasteiger partial charge is 0.303 e. The Labute approximate surface area is 217 Å². The van der Waals surface area contributed by atoms with Crippen molar-refractivity contribution in [2.75, 3.05) is 20.3 Å². The third kappa shape index (κ3) is 6.77. The van der Waals surface area contributed by atoms with E-state index in [1.807, 2.05) is 42.5 Å². The van der Waals surface area contributed by atoms with E-state index in [0.29, 0.717) is 36.9 Å². The van der Waals surface area contributed by atoms with Gasteiger partial charge in [0.05, 0.1) is 26.7 Å². The van der Waals surface area contributed by atoms with Crippen LogP contribution in [0.3, 0.4) is 0 Å². The minimum atomic E-state index is -0.799. The maximum Gasteiger partial charge on any atom is 0.303 e. The molecule has 1 heterocycles. The van der Waals surface area contributed by atoms with Crippen LogP contribution < -0.4 is 9.47 Å². The first-order valence-electron chi connectivity index (χ1n) is 12.7. The number of rotatable bonds is 11. The minimum Gasteiger partial charge on any atom is -0.497 e. The molecular formula is C31H33FO5. The van der Waals surface area contributed by atoms with Crippen LogP contribution in [0.1, 0.15) is 55.2 Å². The zero-order valence-corrected chi connectivity index (χ0v) is 21.3. The van der Waals surface area contributed by atoms with Crippen LogP contribution in [0.5, 0.6) is 11.5 Å². The van der Waals surface area contributed by atoms with Gasteiger partial charge >= 0.3 is 5.97 Å². The van der Waals surface area contributed by atoms with Crippen molar-refractivity contribution in [3.05, 3.63) is 89.2 Å². The summed E-state index contributed by atoms with van der Waals surface area (Å²) in [6.45, 7) is 3.53. The van der Waals surface area contributed by atoms with Gasteiger partial charge in [-0.05, 0) is 83.0 Å². The highest BCUT2D eigenvalue weighted by Crippen LogP contribution is 2.36. The fraction of sp³-hybridized carbons (Fsp3) is 0.323. The molecule has 1 aliphatic rings. The van der Waals surface area contributed by atoms with Crippen LogP contribution in [0, 0.1) is 5.82 Å². The summed E-state index contributed by atoms with van der Waals surface area (Å²) in [5.74, 6) is 0.138. The maximum absolute atomic E-state index is 14.9. The lowest BCUT2D eigenvalue weighted by atomic mass is 9.90. The molecule has 6 heteroatoms. The zero-order valence-electron chi connectivity index (χ0n) is 21.3. The van der Waals surface area contributed by atoms with Crippen LogP contribution in [-0.2, 0) is 16.1 Å². The van der Waals surface area contributed by atoms with Crippen molar-refractivity contribution in [3.8, 4) is 22.6 Å². The molecule has 0 aliphatic carbocycles. The average Bonchev–Trinajstić information content (AvgIpc) is 2.92. The summed E-state index contributed by atoms with van der Waals surface area (Å²) < 4.78 is 31.9. The molecule has 194 valence electrons. The number of halogens is 1. The van der Waals surface area contributed by atoms with Gasteiger partial charge in [-0.15, -0.1) is 0 Å². The molecule has 0 spiro atoms. The van der Waals surface area contributed by atoms with Crippen molar-refractivity contribution in [2.24, 2.45) is 0 Å². The summed E-state index contributed by atoms with van der Waals surface area (Å²) in [5.41, 5.74) is 5.28. The molecule has 0 bridgehead atoms. The molecule has 1 N–H and O–H groups in total. The quantitative estimate of drug-likeness (QED) is 0.298. The van der Waals surface area contributed by atoms with E-state index in [-0.39, 0.29) is 18.2 Å². The lowest BCUT2D eigenvalue weighted by Crippen LogP contribution is -2.07. The van der Waals surface area contributed by atoms with Crippen LogP contribution in [0.25, 0.3) is 16.7 Å². The Kier molecular flexibility index (Phi) is 8.96. The first-order valence-corrected chi connectivity index (χ1v) is 12.7. The SMILES string of the molecule is CCC[C@@H](CC(=O)O)c1cccc(OCc2ccc(-c3cc(OC)ccc3F)c(C3=CCOCC3)c2)c1. The van der Waals surface area contributed by atoms with Gasteiger partial charge in [-0.25, -0.2) is 4.39 Å². The predicted molar refractivity (Wildman–Crippen MR) is 142 cm³/mol. The van der Waals surface area contributed by atoms with Crippen LogP contribution in [0.4, 0.5) is 4.39 Å². The van der Waals surface area contributed by atoms with Crippen molar-refractivity contribution >= 4 is 11.5 Å². The van der Waals surface area contributed by atoms with Gasteiger partial charge in [0.25, 0.3) is 0 Å². The Morgan fingerprint density at radius 3 is 2.65 bits per heavy atom. The van der Waals surface area contributed by atoms with Crippen molar-refractivity contribution in [2.45, 2.75) is 45.1 Å². The highest BCUT2D eigenvalue weighted by atomic mass is 19.1. The van der Waals surface area contributed by atoms with Crippen molar-refractivity contribution in [1.82, 2.24) is 0 Å². The lowest BCUT2D eigenvalue weighted by molar-refractivity contribution is -0.137. The molecule has 0 amide bonds. The van der Waals surface area contributed by atoms with Crippen molar-refractivity contribution in [3.63, 3.8) is 0 Å². The van der Waals surface area contributed by atoms with Crippen molar-refractivity contribution < 1.29 is 28.5 Å². The maximum atomic E-state index is 14.9. The number of benzene rings is 3. The van der Waals surface area contributed by atoms with Gasteiger partial charge in [-0.3, -0.25) is 4.79 Å². The van der Waals surface area contributed by atoms with E-state index in [2.05, 4.69) is 13.0 Å². The Hall–Kier alpha value is -3.64. The number of carboxylic acids is 1. The number of aliphatic carboxylic acids is 1. The van der Waals surface area contributed by atoms with E-state index in [9.17, 15) is 14.3 Å². The number of carboxylic acid groups (broad SMARTS) is 1. The first kappa shape index (κ1) is 26.4. The van der Waals surface area contributed by atoms with Gasteiger partial charge in [0.2, 0.25) is 0 Å². The average molecular weight is 505 g/mol. The van der Waals surface area contributed by atoms with Gasteiger partial charge in [-0.2, -0.15) is 0 Å². The lowest BCUT2D eigenvalue weighted by Gasteiger charge is -2.19. The number of hydrogen-bond donors (Lipinski definition) is 1. The molecule has 4 rings (SSSR count). The van der Waals surface area contributed by atoms with E-state index in [1.54, 1.807) is 19.2 Å². The molecule has 0 aromatic heterocycles. The monoisotopic (exact) mass is 504 g/mol. The molecule has 3 aromatic carbocycles. The second kappa shape index (κ2) is 12.5. The summed E-state index contributed by atoms with van der Waals surface area (Å²) in [6.07, 6.45) is 4.60. The van der Waals surface area contributed by atoms with E-state index >= 15 is 0 Å². The van der Waals surface area contributed by atoms with Gasteiger partial charge in [0, 0.05) is 5.56 Å². The summed E-state index contributed by atoms with van der Waals surface area (Å²) in [5, 5.41) is 9.30. The second-order valence-electron chi connectivity index (χ2n) is 9.22. The molecular weight excluding hydrogens is 471 g/mol. The molecule has 5 nitrogen and oxygen atoms in total. The summed E-state index contributed by atoms with van der Waals surface area (Å²) in [6, 6.07) is 18.4. The molecule has 0 saturated heterocycles. The van der Waals surface area contributed by atoms with Gasteiger partial charge in [0.1, 0.15) is 23.9 Å². The highest BCUT2D eigenvalue weighted by Gasteiger charge is 2.18. The Balaban J connectivity index is 1.61. The Morgan fingerprint density at radius 1 is 1.05 bits per heavy atom. The largest absolute Gasteiger partial charge is 0.497 e. The van der Waals surface area contributed by atoms with Crippen LogP contribution in [0.2, 0.25) is 0 Å². The van der Waals surface area contributed by atoms with Crippen LogP contribution >= 0.6 is 0 Å².